The highest BCUT2D eigenvalue weighted by Gasteiger charge is 2.39. The van der Waals surface area contributed by atoms with Gasteiger partial charge in [0.15, 0.2) is 10.3 Å². The van der Waals surface area contributed by atoms with Crippen LogP contribution in [0.4, 0.5) is 33.0 Å². The molecule has 65 heavy (non-hydrogen) atoms. The molecule has 9 rings (SSSR count). The standard InChI is InChI=1S/C23H26N4O4S2.C23H24N4O3S2/c1-16-15-18(33(30,31)26-23-24-11-14-32-23)8-9-19(16)25-22(29)21(10-13-28)27-12-4-6-17-5-2-3-7-20(17)27;1-16-15-18(32(29,30)25-23-24-11-14-31-23)8-9-19(16)27-13-10-21(22(27)28)26-12-4-6-17-5-2-3-7-20(17)26/h2-3,5,7-9,11,14-15,21,28H,4,6,10,12-13H2,1H3,(H,24,26)(H,25,29);2-3,5,7-9,11,14-15,21H,4,6,10,12-13H2,1H3,(H,24,25)/t2*21-/m00/s1. The van der Waals surface area contributed by atoms with E-state index in [0.29, 0.717) is 34.5 Å². The van der Waals surface area contributed by atoms with E-state index >= 15 is 0 Å². The summed E-state index contributed by atoms with van der Waals surface area (Å²) in [6.45, 7) is 5.69. The number of hydrogen-bond acceptors (Lipinski definition) is 13. The van der Waals surface area contributed by atoms with Gasteiger partial charge in [0, 0.05) is 72.1 Å². The van der Waals surface area contributed by atoms with E-state index in [2.05, 4.69) is 52.7 Å². The second kappa shape index (κ2) is 19.7. The first-order valence-corrected chi connectivity index (χ1v) is 26.0. The first kappa shape index (κ1) is 45.7. The van der Waals surface area contributed by atoms with Gasteiger partial charge >= 0.3 is 0 Å². The van der Waals surface area contributed by atoms with Crippen LogP contribution in [-0.4, -0.2) is 82.0 Å². The zero-order valence-corrected chi connectivity index (χ0v) is 39.1. The predicted molar refractivity (Wildman–Crippen MR) is 257 cm³/mol. The summed E-state index contributed by atoms with van der Waals surface area (Å²) in [5.74, 6) is -0.165. The van der Waals surface area contributed by atoms with Gasteiger partial charge in [0.05, 0.1) is 9.79 Å². The largest absolute Gasteiger partial charge is 0.396 e. The molecule has 3 aliphatic heterocycles. The number of thiazole rings is 2. The first-order valence-electron chi connectivity index (χ1n) is 21.3. The molecule has 3 aliphatic rings. The van der Waals surface area contributed by atoms with Gasteiger partial charge in [-0.05, 0) is 123 Å². The summed E-state index contributed by atoms with van der Waals surface area (Å²) in [4.78, 5) is 40.9. The normalized spacial score (nSPS) is 16.5. The monoisotopic (exact) mass is 954 g/mol. The average molecular weight is 955 g/mol. The van der Waals surface area contributed by atoms with E-state index in [0.717, 1.165) is 67.8 Å². The number of aryl methyl sites for hydroxylation is 4. The fourth-order valence-corrected chi connectivity index (χ4v) is 12.4. The fourth-order valence-electron chi connectivity index (χ4n) is 8.67. The first-order chi connectivity index (χ1) is 31.3. The van der Waals surface area contributed by atoms with Crippen LogP contribution in [-0.2, 0) is 42.5 Å². The van der Waals surface area contributed by atoms with Crippen LogP contribution < -0.4 is 29.5 Å². The number of carbonyl (C=O) groups excluding carboxylic acids is 2. The van der Waals surface area contributed by atoms with Crippen molar-refractivity contribution in [1.29, 1.82) is 0 Å². The minimum absolute atomic E-state index is 0.0707. The molecule has 15 nitrogen and oxygen atoms in total. The third-order valence-electron chi connectivity index (χ3n) is 11.8. The van der Waals surface area contributed by atoms with Crippen LogP contribution in [0.1, 0.15) is 47.9 Å². The molecule has 2 amide bonds. The van der Waals surface area contributed by atoms with Crippen molar-refractivity contribution in [2.45, 2.75) is 74.2 Å². The van der Waals surface area contributed by atoms with Crippen molar-refractivity contribution < 1.29 is 31.5 Å². The van der Waals surface area contributed by atoms with Crippen LogP contribution in [0.5, 0.6) is 0 Å². The van der Waals surface area contributed by atoms with Gasteiger partial charge in [0.1, 0.15) is 12.1 Å². The number of benzene rings is 4. The molecule has 5 heterocycles. The molecule has 0 bridgehead atoms. The van der Waals surface area contributed by atoms with Gasteiger partial charge in [-0.2, -0.15) is 0 Å². The molecule has 0 spiro atoms. The Morgan fingerprint density at radius 1 is 0.754 bits per heavy atom. The number of aromatic nitrogens is 2. The highest BCUT2D eigenvalue weighted by molar-refractivity contribution is 7.93. The summed E-state index contributed by atoms with van der Waals surface area (Å²) in [5, 5.41) is 16.6. The van der Waals surface area contributed by atoms with E-state index in [-0.39, 0.29) is 34.3 Å². The number of aliphatic hydroxyl groups excluding tert-OH is 1. The zero-order valence-electron chi connectivity index (χ0n) is 35.9. The average Bonchev–Trinajstić information content (AvgIpc) is 4.09. The van der Waals surface area contributed by atoms with Gasteiger partial charge < -0.3 is 25.1 Å². The second-order valence-electron chi connectivity index (χ2n) is 16.0. The van der Waals surface area contributed by atoms with Crippen molar-refractivity contribution in [3.8, 4) is 0 Å². The Bertz CT molecular complexity index is 2880. The van der Waals surface area contributed by atoms with Crippen LogP contribution in [0.25, 0.3) is 0 Å². The Kier molecular flexibility index (Phi) is 13.9. The van der Waals surface area contributed by atoms with Crippen LogP contribution >= 0.6 is 22.7 Å². The number of nitrogens with one attached hydrogen (secondary N) is 3. The van der Waals surface area contributed by atoms with Crippen LogP contribution in [0, 0.1) is 13.8 Å². The van der Waals surface area contributed by atoms with Gasteiger partial charge in [-0.3, -0.25) is 19.0 Å². The zero-order chi connectivity index (χ0) is 45.7. The molecule has 2 atom stereocenters. The lowest BCUT2D eigenvalue weighted by Gasteiger charge is -2.37. The number of hydrogen-bond donors (Lipinski definition) is 4. The predicted octanol–water partition coefficient (Wildman–Crippen LogP) is 7.21. The minimum atomic E-state index is -3.78. The topological polar surface area (TPSA) is 194 Å². The number of rotatable bonds is 13. The highest BCUT2D eigenvalue weighted by atomic mass is 32.2. The molecule has 1 fully saturated rings. The van der Waals surface area contributed by atoms with Crippen LogP contribution in [0.15, 0.2) is 118 Å². The molecule has 19 heteroatoms. The van der Waals surface area contributed by atoms with Gasteiger partial charge in [0.25, 0.3) is 20.0 Å². The fraction of sp³-hybridized carbons (Fsp3) is 0.304. The molecule has 340 valence electrons. The molecule has 0 unspecified atom stereocenters. The maximum absolute atomic E-state index is 13.4. The lowest BCUT2D eigenvalue weighted by Crippen LogP contribution is -2.47. The molecule has 6 aromatic rings. The van der Waals surface area contributed by atoms with Crippen molar-refractivity contribution in [2.24, 2.45) is 0 Å². The Morgan fingerprint density at radius 3 is 1.94 bits per heavy atom. The van der Waals surface area contributed by atoms with Crippen molar-refractivity contribution in [3.05, 3.63) is 130 Å². The Labute approximate surface area is 387 Å². The number of amides is 2. The van der Waals surface area contributed by atoms with E-state index in [1.165, 1.54) is 52.1 Å². The molecular formula is C46H50N8O7S4. The number of para-hydroxylation sites is 2. The SMILES string of the molecule is Cc1cc(S(=O)(=O)Nc2nccs2)ccc1N1CC[C@H](N2CCCc3ccccc32)C1=O.Cc1cc(S(=O)(=O)Nc2nccs2)ccc1NC(=O)[C@H](CCO)N1CCCc2ccccc21. The van der Waals surface area contributed by atoms with Gasteiger partial charge in [0.2, 0.25) is 11.8 Å². The number of fused-ring (bicyclic) bond motifs is 2. The molecule has 1 saturated heterocycles. The van der Waals surface area contributed by atoms with E-state index in [1.807, 2.05) is 37.3 Å². The number of nitrogens with zero attached hydrogens (tertiary/aromatic N) is 5. The third-order valence-corrected chi connectivity index (χ3v) is 16.1. The molecule has 4 aromatic carbocycles. The van der Waals surface area contributed by atoms with Gasteiger partial charge in [-0.1, -0.05) is 36.4 Å². The quantitative estimate of drug-likeness (QED) is 0.0915. The molecule has 4 N–H and O–H groups in total. The van der Waals surface area contributed by atoms with Crippen molar-refractivity contribution in [3.63, 3.8) is 0 Å². The molecular weight excluding hydrogens is 905 g/mol. The van der Waals surface area contributed by atoms with E-state index in [4.69, 9.17) is 0 Å². The summed E-state index contributed by atoms with van der Waals surface area (Å²) in [5.41, 5.74) is 7.32. The summed E-state index contributed by atoms with van der Waals surface area (Å²) < 4.78 is 55.6. The molecule has 2 aromatic heterocycles. The lowest BCUT2D eigenvalue weighted by atomic mass is 9.98. The molecule has 0 saturated carbocycles. The van der Waals surface area contributed by atoms with Gasteiger partial charge in [-0.15, -0.1) is 22.7 Å². The maximum Gasteiger partial charge on any atom is 0.263 e. The number of sulfonamides is 2. The van der Waals surface area contributed by atoms with Crippen molar-refractivity contribution >= 4 is 87.5 Å². The molecule has 0 radical (unpaired) electrons. The van der Waals surface area contributed by atoms with E-state index in [1.54, 1.807) is 53.0 Å². The lowest BCUT2D eigenvalue weighted by molar-refractivity contribution is -0.118. The summed E-state index contributed by atoms with van der Waals surface area (Å²) in [7, 11) is -7.52. The van der Waals surface area contributed by atoms with Crippen molar-refractivity contribution in [1.82, 2.24) is 9.97 Å². The van der Waals surface area contributed by atoms with Crippen molar-refractivity contribution in [2.75, 3.05) is 55.7 Å². The molecule has 0 aliphatic carbocycles. The Morgan fingerprint density at radius 2 is 1.34 bits per heavy atom. The maximum atomic E-state index is 13.4. The van der Waals surface area contributed by atoms with E-state index < -0.39 is 26.1 Å². The highest BCUT2D eigenvalue weighted by Crippen LogP contribution is 2.35. The summed E-state index contributed by atoms with van der Waals surface area (Å²) in [6.07, 6.45) is 8.10. The van der Waals surface area contributed by atoms with E-state index in [9.17, 15) is 31.5 Å². The minimum Gasteiger partial charge on any atom is -0.396 e. The van der Waals surface area contributed by atoms with Crippen LogP contribution in [0.3, 0.4) is 0 Å². The summed E-state index contributed by atoms with van der Waals surface area (Å²) >= 11 is 2.42. The summed E-state index contributed by atoms with van der Waals surface area (Å²) in [6, 6.07) is 25.1. The van der Waals surface area contributed by atoms with Crippen LogP contribution in [0.2, 0.25) is 0 Å². The number of aliphatic hydroxyl groups is 1. The van der Waals surface area contributed by atoms with Gasteiger partial charge in [-0.25, -0.2) is 26.8 Å². The number of carbonyl (C=O) groups is 2. The smallest absolute Gasteiger partial charge is 0.263 e. The second-order valence-corrected chi connectivity index (χ2v) is 21.1. The Balaban J connectivity index is 0.000000177. The Hall–Kier alpha value is -5.86. The number of anilines is 6. The third kappa shape index (κ3) is 10.2.